The molecule has 0 saturated heterocycles. The third-order valence-corrected chi connectivity index (χ3v) is 4.36. The quantitative estimate of drug-likeness (QED) is 0.660. The number of aryl methyl sites for hydroxylation is 1. The van der Waals surface area contributed by atoms with Crippen LogP contribution in [0.2, 0.25) is 0 Å². The summed E-state index contributed by atoms with van der Waals surface area (Å²) in [6, 6.07) is 7.31. The topological polar surface area (TPSA) is 52.0 Å². The van der Waals surface area contributed by atoms with Crippen LogP contribution in [-0.4, -0.2) is 20.9 Å². The second kappa shape index (κ2) is 8.48. The van der Waals surface area contributed by atoms with Crippen LogP contribution in [0.25, 0.3) is 5.69 Å². The largest absolute Gasteiger partial charge is 0.475 e. The van der Waals surface area contributed by atoms with Crippen molar-refractivity contribution in [3.8, 4) is 11.6 Å². The molecule has 0 amide bonds. The van der Waals surface area contributed by atoms with E-state index in [4.69, 9.17) is 4.74 Å². The van der Waals surface area contributed by atoms with Gasteiger partial charge in [-0.3, -0.25) is 0 Å². The van der Waals surface area contributed by atoms with Gasteiger partial charge in [0.25, 0.3) is 0 Å². The number of nitrogens with one attached hydrogen (secondary N) is 1. The molecule has 1 aromatic carbocycles. The summed E-state index contributed by atoms with van der Waals surface area (Å²) in [5.41, 5.74) is 3.86. The number of rotatable bonds is 7. The molecule has 0 aliphatic rings. The zero-order chi connectivity index (χ0) is 20.3. The van der Waals surface area contributed by atoms with Gasteiger partial charge < -0.3 is 10.1 Å². The maximum atomic E-state index is 14.1. The minimum Gasteiger partial charge on any atom is -0.475 e. The van der Waals surface area contributed by atoms with Gasteiger partial charge >= 0.3 is 0 Å². The number of halogens is 2. The zero-order valence-corrected chi connectivity index (χ0v) is 16.5. The fourth-order valence-corrected chi connectivity index (χ4v) is 2.98. The lowest BCUT2D eigenvalue weighted by Gasteiger charge is -2.10. The maximum Gasteiger partial charge on any atom is 0.213 e. The number of hydrogen-bond acceptors (Lipinski definition) is 4. The SMILES string of the molecule is Cc1nn(-c2ccc(F)cc2F)c(C)c1CNCc1ccc(OC(C)C)nc1. The molecule has 7 heteroatoms. The van der Waals surface area contributed by atoms with Gasteiger partial charge in [0, 0.05) is 42.7 Å². The molecule has 0 aliphatic heterocycles. The van der Waals surface area contributed by atoms with Crippen molar-refractivity contribution in [1.82, 2.24) is 20.1 Å². The Morgan fingerprint density at radius 3 is 2.54 bits per heavy atom. The van der Waals surface area contributed by atoms with Gasteiger partial charge in [-0.1, -0.05) is 6.07 Å². The van der Waals surface area contributed by atoms with Crippen molar-refractivity contribution in [3.05, 3.63) is 70.7 Å². The lowest BCUT2D eigenvalue weighted by molar-refractivity contribution is 0.232. The molecule has 0 atom stereocenters. The fourth-order valence-electron chi connectivity index (χ4n) is 2.98. The van der Waals surface area contributed by atoms with Crippen molar-refractivity contribution in [1.29, 1.82) is 0 Å². The Morgan fingerprint density at radius 2 is 1.89 bits per heavy atom. The highest BCUT2D eigenvalue weighted by Crippen LogP contribution is 2.21. The van der Waals surface area contributed by atoms with Crippen molar-refractivity contribution in [3.63, 3.8) is 0 Å². The highest BCUT2D eigenvalue weighted by atomic mass is 19.1. The van der Waals surface area contributed by atoms with Gasteiger partial charge in [0.1, 0.15) is 11.5 Å². The number of ether oxygens (including phenoxy) is 1. The summed E-state index contributed by atoms with van der Waals surface area (Å²) in [5.74, 6) is -0.643. The molecule has 0 bridgehead atoms. The molecule has 1 N–H and O–H groups in total. The smallest absolute Gasteiger partial charge is 0.213 e. The standard InChI is InChI=1S/C21H24F2N4O/c1-13(2)28-21-8-5-16(11-25-21)10-24-12-18-14(3)26-27(15(18)4)20-7-6-17(22)9-19(20)23/h5-9,11,13,24H,10,12H2,1-4H3. The van der Waals surface area contributed by atoms with Crippen molar-refractivity contribution in [2.75, 3.05) is 0 Å². The van der Waals surface area contributed by atoms with Crippen LogP contribution in [0.4, 0.5) is 8.78 Å². The summed E-state index contributed by atoms with van der Waals surface area (Å²) in [4.78, 5) is 4.29. The van der Waals surface area contributed by atoms with Gasteiger partial charge in [-0.2, -0.15) is 5.10 Å². The normalized spacial score (nSPS) is 11.2. The van der Waals surface area contributed by atoms with Gasteiger partial charge in [0.15, 0.2) is 5.82 Å². The zero-order valence-electron chi connectivity index (χ0n) is 16.5. The summed E-state index contributed by atoms with van der Waals surface area (Å²) in [7, 11) is 0. The first-order valence-electron chi connectivity index (χ1n) is 9.18. The lowest BCUT2D eigenvalue weighted by Crippen LogP contribution is -2.14. The molecular weight excluding hydrogens is 362 g/mol. The third-order valence-electron chi connectivity index (χ3n) is 4.36. The Labute approximate surface area is 163 Å². The van der Waals surface area contributed by atoms with Gasteiger partial charge in [-0.25, -0.2) is 18.4 Å². The fraction of sp³-hybridized carbons (Fsp3) is 0.333. The van der Waals surface area contributed by atoms with Crippen molar-refractivity contribution in [2.24, 2.45) is 0 Å². The van der Waals surface area contributed by atoms with Crippen molar-refractivity contribution >= 4 is 0 Å². The van der Waals surface area contributed by atoms with Crippen LogP contribution < -0.4 is 10.1 Å². The molecule has 0 fully saturated rings. The van der Waals surface area contributed by atoms with E-state index in [1.165, 1.54) is 16.8 Å². The first-order chi connectivity index (χ1) is 13.3. The molecule has 2 aromatic heterocycles. The predicted molar refractivity (Wildman–Crippen MR) is 103 cm³/mol. The molecular formula is C21H24F2N4O. The molecule has 148 valence electrons. The second-order valence-electron chi connectivity index (χ2n) is 6.93. The molecule has 2 heterocycles. The van der Waals surface area contributed by atoms with E-state index in [1.807, 2.05) is 39.8 Å². The van der Waals surface area contributed by atoms with E-state index in [1.54, 1.807) is 6.20 Å². The third kappa shape index (κ3) is 4.54. The van der Waals surface area contributed by atoms with Crippen molar-refractivity contribution in [2.45, 2.75) is 46.9 Å². The highest BCUT2D eigenvalue weighted by molar-refractivity contribution is 5.38. The molecule has 0 unspecified atom stereocenters. The van der Waals surface area contributed by atoms with E-state index < -0.39 is 11.6 Å². The van der Waals surface area contributed by atoms with Gasteiger partial charge in [0.05, 0.1) is 11.8 Å². The monoisotopic (exact) mass is 386 g/mol. The minimum absolute atomic E-state index is 0.0879. The number of hydrogen-bond donors (Lipinski definition) is 1. The van der Waals surface area contributed by atoms with Crippen LogP contribution in [0.15, 0.2) is 36.5 Å². The molecule has 5 nitrogen and oxygen atoms in total. The van der Waals surface area contributed by atoms with Crippen LogP contribution >= 0.6 is 0 Å². The van der Waals surface area contributed by atoms with E-state index in [9.17, 15) is 8.78 Å². The molecule has 0 spiro atoms. The Kier molecular flexibility index (Phi) is 6.04. The van der Waals surface area contributed by atoms with Crippen LogP contribution in [0.3, 0.4) is 0 Å². The summed E-state index contributed by atoms with van der Waals surface area (Å²) in [6.45, 7) is 8.87. The number of aromatic nitrogens is 3. The van der Waals surface area contributed by atoms with Crippen molar-refractivity contribution < 1.29 is 13.5 Å². The Hall–Kier alpha value is -2.80. The highest BCUT2D eigenvalue weighted by Gasteiger charge is 2.15. The molecule has 0 saturated carbocycles. The maximum absolute atomic E-state index is 14.1. The molecule has 0 radical (unpaired) electrons. The van der Waals surface area contributed by atoms with E-state index in [-0.39, 0.29) is 11.8 Å². The lowest BCUT2D eigenvalue weighted by atomic mass is 10.2. The second-order valence-corrected chi connectivity index (χ2v) is 6.93. The average Bonchev–Trinajstić information content (AvgIpc) is 2.91. The molecule has 3 rings (SSSR count). The first-order valence-corrected chi connectivity index (χ1v) is 9.18. The summed E-state index contributed by atoms with van der Waals surface area (Å²) in [6.07, 6.45) is 1.87. The number of benzene rings is 1. The number of nitrogens with zero attached hydrogens (tertiary/aromatic N) is 3. The summed E-state index contributed by atoms with van der Waals surface area (Å²) < 4.78 is 34.3. The van der Waals surface area contributed by atoms with Crippen LogP contribution in [0, 0.1) is 25.5 Å². The number of pyridine rings is 1. The van der Waals surface area contributed by atoms with Crippen LogP contribution in [-0.2, 0) is 13.1 Å². The van der Waals surface area contributed by atoms with Gasteiger partial charge in [-0.05, 0) is 45.4 Å². The first kappa shape index (κ1) is 19.9. The molecule has 0 aliphatic carbocycles. The van der Waals surface area contributed by atoms with Gasteiger partial charge in [-0.15, -0.1) is 0 Å². The predicted octanol–water partition coefficient (Wildman–Crippen LogP) is 4.24. The Balaban J connectivity index is 1.67. The molecule has 28 heavy (non-hydrogen) atoms. The van der Waals surface area contributed by atoms with E-state index in [2.05, 4.69) is 15.4 Å². The van der Waals surface area contributed by atoms with Gasteiger partial charge in [0.2, 0.25) is 5.88 Å². The van der Waals surface area contributed by atoms with Crippen LogP contribution in [0.5, 0.6) is 5.88 Å². The average molecular weight is 386 g/mol. The minimum atomic E-state index is -0.639. The summed E-state index contributed by atoms with van der Waals surface area (Å²) in [5, 5.41) is 7.78. The molecule has 3 aromatic rings. The summed E-state index contributed by atoms with van der Waals surface area (Å²) >= 11 is 0. The van der Waals surface area contributed by atoms with Crippen LogP contribution in [0.1, 0.15) is 36.4 Å². The van der Waals surface area contributed by atoms with E-state index >= 15 is 0 Å². The Morgan fingerprint density at radius 1 is 1.11 bits per heavy atom. The van der Waals surface area contributed by atoms with E-state index in [0.29, 0.717) is 19.0 Å². The Bertz CT molecular complexity index is 952. The van der Waals surface area contributed by atoms with E-state index in [0.717, 1.165) is 28.6 Å².